The normalized spacial score (nSPS) is 12.1. The molecular formula is C20H20F2N8O2. The summed E-state index contributed by atoms with van der Waals surface area (Å²) in [5.41, 5.74) is 12.5. The number of allylic oxidation sites excluding steroid dienone is 5. The van der Waals surface area contributed by atoms with Gasteiger partial charge in [0.05, 0.1) is 25.2 Å². The van der Waals surface area contributed by atoms with E-state index in [1.807, 2.05) is 0 Å². The molecule has 0 aromatic carbocycles. The predicted octanol–water partition coefficient (Wildman–Crippen LogP) is 3.36. The molecule has 12 heteroatoms. The van der Waals surface area contributed by atoms with Crippen LogP contribution in [0.2, 0.25) is 0 Å². The van der Waals surface area contributed by atoms with Crippen molar-refractivity contribution in [1.82, 2.24) is 24.7 Å². The zero-order chi connectivity index (χ0) is 23.4. The van der Waals surface area contributed by atoms with Crippen LogP contribution in [0.5, 0.6) is 0 Å². The van der Waals surface area contributed by atoms with Crippen molar-refractivity contribution in [3.8, 4) is 11.5 Å². The standard InChI is InChI=1S/C20H20F2N8O2/c1-4-6-10(13(22)5-2)9-30-19-12(7-11(21)8-25-19)14(29-30)18-27-16(23)15(17(24)28-18)26-20(31)32-3/h4-8H,1,9H2,2-3H3,(H,26,31)(H4,23,24,27,28)/b10-6-,13-5+. The van der Waals surface area contributed by atoms with E-state index in [0.717, 1.165) is 6.20 Å². The highest BCUT2D eigenvalue weighted by Gasteiger charge is 2.21. The van der Waals surface area contributed by atoms with Gasteiger partial charge in [-0.25, -0.2) is 33.2 Å². The zero-order valence-electron chi connectivity index (χ0n) is 17.3. The summed E-state index contributed by atoms with van der Waals surface area (Å²) in [6.45, 7) is 5.12. The Hall–Kier alpha value is -4.35. The highest BCUT2D eigenvalue weighted by Crippen LogP contribution is 2.31. The molecule has 3 heterocycles. The fourth-order valence-electron chi connectivity index (χ4n) is 2.89. The molecule has 3 aromatic heterocycles. The summed E-state index contributed by atoms with van der Waals surface area (Å²) in [6.07, 6.45) is 4.43. The van der Waals surface area contributed by atoms with Crippen LogP contribution in [0.15, 0.2) is 48.5 Å². The Kier molecular flexibility index (Phi) is 6.42. The van der Waals surface area contributed by atoms with Crippen LogP contribution in [0.4, 0.5) is 30.9 Å². The Bertz CT molecular complexity index is 1240. The molecule has 0 bridgehead atoms. The summed E-state index contributed by atoms with van der Waals surface area (Å²) in [7, 11) is 1.17. The van der Waals surface area contributed by atoms with Gasteiger partial charge in [-0.2, -0.15) is 5.10 Å². The molecule has 166 valence electrons. The molecule has 1 amide bonds. The fourth-order valence-corrected chi connectivity index (χ4v) is 2.89. The van der Waals surface area contributed by atoms with E-state index in [0.29, 0.717) is 0 Å². The number of methoxy groups -OCH3 is 1. The van der Waals surface area contributed by atoms with Gasteiger partial charge in [0.2, 0.25) is 0 Å². The van der Waals surface area contributed by atoms with Crippen molar-refractivity contribution >= 4 is 34.4 Å². The number of hydrogen-bond donors (Lipinski definition) is 3. The Labute approximate surface area is 181 Å². The maximum atomic E-state index is 14.3. The van der Waals surface area contributed by atoms with Crippen LogP contribution in [-0.4, -0.2) is 37.9 Å². The highest BCUT2D eigenvalue weighted by atomic mass is 19.1. The molecule has 3 rings (SSSR count). The number of pyridine rings is 1. The van der Waals surface area contributed by atoms with E-state index < -0.39 is 17.7 Å². The topological polar surface area (TPSA) is 147 Å². The van der Waals surface area contributed by atoms with Crippen molar-refractivity contribution in [2.75, 3.05) is 23.9 Å². The number of nitrogen functional groups attached to an aromatic ring is 2. The Morgan fingerprint density at radius 3 is 2.62 bits per heavy atom. The average Bonchev–Trinajstić information content (AvgIpc) is 3.12. The molecule has 0 saturated carbocycles. The minimum atomic E-state index is -0.812. The summed E-state index contributed by atoms with van der Waals surface area (Å²) in [5, 5.41) is 6.98. The summed E-state index contributed by atoms with van der Waals surface area (Å²) in [5.74, 6) is -1.44. The van der Waals surface area contributed by atoms with Crippen molar-refractivity contribution in [1.29, 1.82) is 0 Å². The van der Waals surface area contributed by atoms with Gasteiger partial charge in [0, 0.05) is 5.57 Å². The monoisotopic (exact) mass is 442 g/mol. The lowest BCUT2D eigenvalue weighted by molar-refractivity contribution is 0.187. The molecule has 10 nitrogen and oxygen atoms in total. The van der Waals surface area contributed by atoms with Crippen molar-refractivity contribution in [2.45, 2.75) is 13.5 Å². The first-order valence-electron chi connectivity index (χ1n) is 9.23. The number of hydrogen-bond acceptors (Lipinski definition) is 8. The first-order chi connectivity index (χ1) is 15.3. The second kappa shape index (κ2) is 9.20. The quantitative estimate of drug-likeness (QED) is 0.493. The maximum absolute atomic E-state index is 14.3. The summed E-state index contributed by atoms with van der Waals surface area (Å²) in [6, 6.07) is 1.19. The molecule has 0 aliphatic rings. The van der Waals surface area contributed by atoms with Crippen LogP contribution < -0.4 is 16.8 Å². The summed E-state index contributed by atoms with van der Waals surface area (Å²) in [4.78, 5) is 23.8. The molecule has 32 heavy (non-hydrogen) atoms. The van der Waals surface area contributed by atoms with Gasteiger partial charge in [0.25, 0.3) is 0 Å². The second-order valence-electron chi connectivity index (χ2n) is 6.40. The Morgan fingerprint density at radius 2 is 2.03 bits per heavy atom. The average molecular weight is 442 g/mol. The number of nitrogens with one attached hydrogen (secondary N) is 1. The first kappa shape index (κ1) is 22.3. The number of ether oxygens (including phenoxy) is 1. The number of halogens is 2. The number of amides is 1. The van der Waals surface area contributed by atoms with E-state index in [4.69, 9.17) is 11.5 Å². The van der Waals surface area contributed by atoms with E-state index >= 15 is 0 Å². The van der Waals surface area contributed by atoms with E-state index in [9.17, 15) is 13.6 Å². The number of nitrogens with two attached hydrogens (primary N) is 2. The number of fused-ring (bicyclic) bond motifs is 1. The van der Waals surface area contributed by atoms with Gasteiger partial charge in [-0.3, -0.25) is 5.32 Å². The maximum Gasteiger partial charge on any atom is 0.411 e. The van der Waals surface area contributed by atoms with Crippen molar-refractivity contribution in [3.05, 3.63) is 54.3 Å². The number of carbonyl (C=O) groups excluding carboxylic acids is 1. The molecule has 0 radical (unpaired) electrons. The molecular weight excluding hydrogens is 422 g/mol. The van der Waals surface area contributed by atoms with Gasteiger partial charge in [0.1, 0.15) is 23.0 Å². The van der Waals surface area contributed by atoms with Crippen LogP contribution in [0.3, 0.4) is 0 Å². The van der Waals surface area contributed by atoms with Crippen LogP contribution >= 0.6 is 0 Å². The Balaban J connectivity index is 2.16. The van der Waals surface area contributed by atoms with Crippen LogP contribution in [0.1, 0.15) is 6.92 Å². The number of carbonyl (C=O) groups is 1. The van der Waals surface area contributed by atoms with Crippen molar-refractivity contribution in [3.63, 3.8) is 0 Å². The van der Waals surface area contributed by atoms with Crippen molar-refractivity contribution < 1.29 is 18.3 Å². The summed E-state index contributed by atoms with van der Waals surface area (Å²) >= 11 is 0. The molecule has 0 atom stereocenters. The van der Waals surface area contributed by atoms with Gasteiger partial charge in [0.15, 0.2) is 23.1 Å². The van der Waals surface area contributed by atoms with Gasteiger partial charge in [-0.05, 0) is 13.0 Å². The Morgan fingerprint density at radius 1 is 1.34 bits per heavy atom. The molecule has 3 aromatic rings. The number of nitrogens with zero attached hydrogens (tertiary/aromatic N) is 5. The third-order valence-electron chi connectivity index (χ3n) is 4.34. The van der Waals surface area contributed by atoms with Crippen LogP contribution in [0, 0.1) is 5.82 Å². The van der Waals surface area contributed by atoms with Gasteiger partial charge in [-0.1, -0.05) is 24.8 Å². The molecule has 0 saturated heterocycles. The van der Waals surface area contributed by atoms with Gasteiger partial charge < -0.3 is 16.2 Å². The van der Waals surface area contributed by atoms with Crippen LogP contribution in [-0.2, 0) is 11.3 Å². The first-order valence-corrected chi connectivity index (χ1v) is 9.23. The molecule has 0 fully saturated rings. The SMILES string of the molecule is C=C/C=C(Cn1nc(-c2nc(N)c(NC(=O)OC)c(N)n2)c2cc(F)cnc21)\C(F)=C/C. The molecule has 0 aliphatic heterocycles. The smallest absolute Gasteiger partial charge is 0.411 e. The number of aromatic nitrogens is 5. The zero-order valence-corrected chi connectivity index (χ0v) is 17.3. The highest BCUT2D eigenvalue weighted by molar-refractivity contribution is 5.94. The minimum absolute atomic E-state index is 0.0235. The van der Waals surface area contributed by atoms with E-state index in [2.05, 4.69) is 36.7 Å². The third kappa shape index (κ3) is 4.38. The molecule has 0 aliphatic carbocycles. The second-order valence-corrected chi connectivity index (χ2v) is 6.40. The fraction of sp³-hybridized carbons (Fsp3) is 0.150. The van der Waals surface area contributed by atoms with E-state index in [1.54, 1.807) is 6.92 Å². The van der Waals surface area contributed by atoms with E-state index in [1.165, 1.54) is 36.1 Å². The van der Waals surface area contributed by atoms with Gasteiger partial charge in [-0.15, -0.1) is 0 Å². The lowest BCUT2D eigenvalue weighted by Gasteiger charge is -2.10. The lowest BCUT2D eigenvalue weighted by Crippen LogP contribution is -2.16. The van der Waals surface area contributed by atoms with Crippen LogP contribution in [0.25, 0.3) is 22.6 Å². The van der Waals surface area contributed by atoms with E-state index in [-0.39, 0.29) is 52.0 Å². The van der Waals surface area contributed by atoms with Crippen molar-refractivity contribution in [2.24, 2.45) is 0 Å². The summed E-state index contributed by atoms with van der Waals surface area (Å²) < 4.78 is 34.1. The largest absolute Gasteiger partial charge is 0.453 e. The molecule has 0 spiro atoms. The molecule has 5 N–H and O–H groups in total. The minimum Gasteiger partial charge on any atom is -0.453 e. The third-order valence-corrected chi connectivity index (χ3v) is 4.34. The number of rotatable bonds is 6. The van der Waals surface area contributed by atoms with Gasteiger partial charge >= 0.3 is 6.09 Å². The molecule has 0 unspecified atom stereocenters. The lowest BCUT2D eigenvalue weighted by atomic mass is 10.2. The predicted molar refractivity (Wildman–Crippen MR) is 117 cm³/mol. The number of anilines is 3.